The largest absolute Gasteiger partial charge is 0.299 e. The second-order valence-corrected chi connectivity index (χ2v) is 6.99. The van der Waals surface area contributed by atoms with Crippen LogP contribution in [0.25, 0.3) is 0 Å². The van der Waals surface area contributed by atoms with Crippen LogP contribution < -0.4 is 0 Å². The maximum Gasteiger partial charge on any atom is 0.148 e. The van der Waals surface area contributed by atoms with Gasteiger partial charge in [0, 0.05) is 30.7 Å². The Bertz CT molecular complexity index is 262. The second-order valence-electron chi connectivity index (χ2n) is 3.94. The average molecular weight is 284 g/mol. The Hall–Kier alpha value is 0.390. The summed E-state index contributed by atoms with van der Waals surface area (Å²) in [6.07, 6.45) is 5.07. The van der Waals surface area contributed by atoms with Crippen molar-refractivity contribution in [1.29, 1.82) is 0 Å². The number of halogens is 1. The molecule has 3 nitrogen and oxygen atoms in total. The molecule has 1 aliphatic rings. The quantitative estimate of drug-likeness (QED) is 0.690. The van der Waals surface area contributed by atoms with E-state index in [0.29, 0.717) is 12.6 Å². The van der Waals surface area contributed by atoms with E-state index in [-0.39, 0.29) is 5.75 Å². The number of hydrogen-bond donors (Lipinski definition) is 0. The first-order valence-corrected chi connectivity index (χ1v) is 8.19. The maximum absolute atomic E-state index is 11.0. The molecule has 0 heterocycles. The molecule has 1 rings (SSSR count). The number of alkyl halides is 1. The Balaban J connectivity index is 2.35. The Kier molecular flexibility index (Phi) is 4.87. The molecule has 0 spiro atoms. The highest BCUT2D eigenvalue weighted by Gasteiger charge is 2.24. The number of rotatable bonds is 6. The molecule has 0 atom stereocenters. The van der Waals surface area contributed by atoms with Crippen molar-refractivity contribution < 1.29 is 8.42 Å². The van der Waals surface area contributed by atoms with E-state index in [2.05, 4.69) is 20.8 Å². The lowest BCUT2D eigenvalue weighted by atomic mass is 9.91. The van der Waals surface area contributed by atoms with Crippen LogP contribution in [0.1, 0.15) is 19.3 Å². The predicted molar refractivity (Wildman–Crippen MR) is 62.7 cm³/mol. The minimum Gasteiger partial charge on any atom is -0.299 e. The lowest BCUT2D eigenvalue weighted by Crippen LogP contribution is -2.43. The summed E-state index contributed by atoms with van der Waals surface area (Å²) in [5, 5.41) is 0.924. The molecular weight excluding hydrogens is 266 g/mol. The molecule has 1 aliphatic carbocycles. The van der Waals surface area contributed by atoms with Gasteiger partial charge in [-0.3, -0.25) is 4.90 Å². The Morgan fingerprint density at radius 3 is 2.36 bits per heavy atom. The van der Waals surface area contributed by atoms with Crippen molar-refractivity contribution in [1.82, 2.24) is 4.90 Å². The van der Waals surface area contributed by atoms with E-state index in [1.807, 2.05) is 0 Å². The number of hydrogen-bond acceptors (Lipinski definition) is 3. The first-order chi connectivity index (χ1) is 6.53. The van der Waals surface area contributed by atoms with Crippen LogP contribution in [0.5, 0.6) is 0 Å². The van der Waals surface area contributed by atoms with Gasteiger partial charge in [0.05, 0.1) is 5.75 Å². The third-order valence-electron chi connectivity index (χ3n) is 2.71. The number of nitrogens with zero attached hydrogens (tertiary/aromatic N) is 1. The van der Waals surface area contributed by atoms with Crippen molar-refractivity contribution >= 4 is 25.8 Å². The molecule has 0 saturated heterocycles. The van der Waals surface area contributed by atoms with Gasteiger partial charge in [-0.05, 0) is 12.8 Å². The van der Waals surface area contributed by atoms with Crippen molar-refractivity contribution in [3.05, 3.63) is 0 Å². The zero-order valence-electron chi connectivity index (χ0n) is 8.58. The van der Waals surface area contributed by atoms with E-state index in [1.165, 1.54) is 25.5 Å². The lowest BCUT2D eigenvalue weighted by molar-refractivity contribution is 0.144. The predicted octanol–water partition coefficient (Wildman–Crippen LogP) is 1.28. The molecule has 1 fully saturated rings. The number of sulfone groups is 1. The SMILES string of the molecule is CS(=O)(=O)CCN(CCBr)C1CCC1. The normalized spacial score (nSPS) is 18.5. The van der Waals surface area contributed by atoms with E-state index >= 15 is 0 Å². The van der Waals surface area contributed by atoms with Gasteiger partial charge in [0.2, 0.25) is 0 Å². The fourth-order valence-corrected chi connectivity index (χ4v) is 2.64. The average Bonchev–Trinajstić information content (AvgIpc) is 1.95. The molecule has 14 heavy (non-hydrogen) atoms. The van der Waals surface area contributed by atoms with Crippen molar-refractivity contribution in [3.8, 4) is 0 Å². The monoisotopic (exact) mass is 283 g/mol. The van der Waals surface area contributed by atoms with E-state index in [0.717, 1.165) is 11.9 Å². The summed E-state index contributed by atoms with van der Waals surface area (Å²) in [5.74, 6) is 0.288. The van der Waals surface area contributed by atoms with E-state index < -0.39 is 9.84 Å². The maximum atomic E-state index is 11.0. The molecule has 0 unspecified atom stereocenters. The third kappa shape index (κ3) is 4.28. The summed E-state index contributed by atoms with van der Waals surface area (Å²) in [5.41, 5.74) is 0. The van der Waals surface area contributed by atoms with Crippen molar-refractivity contribution in [2.24, 2.45) is 0 Å². The molecule has 0 aromatic rings. The van der Waals surface area contributed by atoms with Crippen molar-refractivity contribution in [3.63, 3.8) is 0 Å². The zero-order valence-corrected chi connectivity index (χ0v) is 11.0. The van der Waals surface area contributed by atoms with Crippen LogP contribution in [0, 0.1) is 0 Å². The van der Waals surface area contributed by atoms with Crippen LogP contribution in [-0.2, 0) is 9.84 Å². The van der Waals surface area contributed by atoms with Crippen molar-refractivity contribution in [2.75, 3.05) is 30.4 Å². The van der Waals surface area contributed by atoms with Gasteiger partial charge in [0.1, 0.15) is 9.84 Å². The van der Waals surface area contributed by atoms with E-state index in [4.69, 9.17) is 0 Å². The fourth-order valence-electron chi connectivity index (χ4n) is 1.62. The van der Waals surface area contributed by atoms with Crippen molar-refractivity contribution in [2.45, 2.75) is 25.3 Å². The molecule has 0 radical (unpaired) electrons. The molecule has 5 heteroatoms. The van der Waals surface area contributed by atoms with E-state index in [1.54, 1.807) is 0 Å². The summed E-state index contributed by atoms with van der Waals surface area (Å²) in [6, 6.07) is 0.634. The van der Waals surface area contributed by atoms with Crippen LogP contribution in [-0.4, -0.2) is 49.8 Å². The highest BCUT2D eigenvalue weighted by Crippen LogP contribution is 2.24. The summed E-state index contributed by atoms with van der Waals surface area (Å²) in [7, 11) is -2.81. The minimum absolute atomic E-state index is 0.288. The molecule has 0 amide bonds. The summed E-state index contributed by atoms with van der Waals surface area (Å²) in [4.78, 5) is 2.29. The molecule has 1 saturated carbocycles. The first-order valence-electron chi connectivity index (χ1n) is 5.00. The van der Waals surface area contributed by atoms with Gasteiger partial charge >= 0.3 is 0 Å². The van der Waals surface area contributed by atoms with Gasteiger partial charge in [-0.25, -0.2) is 8.42 Å². The van der Waals surface area contributed by atoms with Gasteiger partial charge < -0.3 is 0 Å². The van der Waals surface area contributed by atoms with Gasteiger partial charge in [0.15, 0.2) is 0 Å². The van der Waals surface area contributed by atoms with Crippen LogP contribution >= 0.6 is 15.9 Å². The van der Waals surface area contributed by atoms with Crippen LogP contribution in [0.4, 0.5) is 0 Å². The van der Waals surface area contributed by atoms with Crippen LogP contribution in [0.3, 0.4) is 0 Å². The Morgan fingerprint density at radius 2 is 2.00 bits per heavy atom. The fraction of sp³-hybridized carbons (Fsp3) is 1.00. The second kappa shape index (κ2) is 5.47. The van der Waals surface area contributed by atoms with Gasteiger partial charge in [0.25, 0.3) is 0 Å². The molecule has 0 aromatic heterocycles. The standard InChI is InChI=1S/C9H18BrNO2S/c1-14(12,13)8-7-11(6-5-10)9-3-2-4-9/h9H,2-8H2,1H3. The molecule has 0 bridgehead atoms. The molecule has 84 valence electrons. The highest BCUT2D eigenvalue weighted by molar-refractivity contribution is 9.09. The van der Waals surface area contributed by atoms with Crippen LogP contribution in [0.2, 0.25) is 0 Å². The summed E-state index contributed by atoms with van der Waals surface area (Å²) in [6.45, 7) is 1.65. The lowest BCUT2D eigenvalue weighted by Gasteiger charge is -2.37. The molecule has 0 N–H and O–H groups in total. The van der Waals surface area contributed by atoms with Gasteiger partial charge in [-0.1, -0.05) is 22.4 Å². The highest BCUT2D eigenvalue weighted by atomic mass is 79.9. The van der Waals surface area contributed by atoms with Gasteiger partial charge in [-0.2, -0.15) is 0 Å². The van der Waals surface area contributed by atoms with Gasteiger partial charge in [-0.15, -0.1) is 0 Å². The Labute approximate surface area is 94.9 Å². The molecule has 0 aliphatic heterocycles. The van der Waals surface area contributed by atoms with Crippen LogP contribution in [0.15, 0.2) is 0 Å². The molecular formula is C9H18BrNO2S. The first kappa shape index (κ1) is 12.5. The molecule has 0 aromatic carbocycles. The topological polar surface area (TPSA) is 37.4 Å². The minimum atomic E-state index is -2.81. The smallest absolute Gasteiger partial charge is 0.148 e. The third-order valence-corrected chi connectivity index (χ3v) is 3.99. The van der Waals surface area contributed by atoms with E-state index in [9.17, 15) is 8.42 Å². The Morgan fingerprint density at radius 1 is 1.36 bits per heavy atom. The summed E-state index contributed by atoms with van der Waals surface area (Å²) >= 11 is 3.40. The zero-order chi connectivity index (χ0) is 10.6. The summed E-state index contributed by atoms with van der Waals surface area (Å²) < 4.78 is 22.1.